The first-order valence-corrected chi connectivity index (χ1v) is 6.65. The highest BCUT2D eigenvalue weighted by Gasteiger charge is 2.05. The molecule has 0 atom stereocenters. The van der Waals surface area contributed by atoms with Crippen LogP contribution in [0.5, 0.6) is 0 Å². The van der Waals surface area contributed by atoms with Crippen LogP contribution in [0, 0.1) is 21.4 Å². The van der Waals surface area contributed by atoms with E-state index in [1.165, 1.54) is 12.1 Å². The number of allylic oxidation sites excluding steroid dienone is 1. The lowest BCUT2D eigenvalue weighted by molar-refractivity contribution is -0.384. The van der Waals surface area contributed by atoms with Crippen LogP contribution in [0.25, 0.3) is 11.6 Å². The number of hydrogen-bond donors (Lipinski definition) is 0. The van der Waals surface area contributed by atoms with Crippen LogP contribution in [-0.2, 0) is 0 Å². The fourth-order valence-electron chi connectivity index (χ4n) is 1.98. The summed E-state index contributed by atoms with van der Waals surface area (Å²) in [6.45, 7) is 0. The smallest absolute Gasteiger partial charge is 0.269 e. The highest BCUT2D eigenvalue weighted by Crippen LogP contribution is 2.22. The van der Waals surface area contributed by atoms with Gasteiger partial charge in [-0.3, -0.25) is 10.1 Å². The molecule has 2 aromatic carbocycles. The minimum absolute atomic E-state index is 0.0333. The van der Waals surface area contributed by atoms with Crippen molar-refractivity contribution in [3.63, 3.8) is 0 Å². The second kappa shape index (κ2) is 6.55. The number of non-ortho nitro benzene ring substituents is 1. The van der Waals surface area contributed by atoms with Gasteiger partial charge in [-0.2, -0.15) is 5.26 Å². The van der Waals surface area contributed by atoms with E-state index in [-0.39, 0.29) is 5.69 Å². The Kier molecular flexibility index (Phi) is 4.54. The number of nitriles is 1. The van der Waals surface area contributed by atoms with Crippen molar-refractivity contribution in [3.8, 4) is 6.07 Å². The molecule has 5 heteroatoms. The van der Waals surface area contributed by atoms with Crippen molar-refractivity contribution in [3.05, 3.63) is 69.8 Å². The molecule has 0 saturated heterocycles. The quantitative estimate of drug-likeness (QED) is 0.373. The summed E-state index contributed by atoms with van der Waals surface area (Å²) in [6, 6.07) is 15.9. The summed E-state index contributed by atoms with van der Waals surface area (Å²) in [7, 11) is 3.90. The fourth-order valence-corrected chi connectivity index (χ4v) is 1.98. The van der Waals surface area contributed by atoms with E-state index < -0.39 is 4.92 Å². The third kappa shape index (κ3) is 3.49. The minimum Gasteiger partial charge on any atom is -0.378 e. The molecular formula is C17H15N3O2. The van der Waals surface area contributed by atoms with Gasteiger partial charge >= 0.3 is 0 Å². The SMILES string of the molecule is CN(C)c1ccc(/C(C#N)=C\c2ccc([N+](=O)[O-])cc2)cc1. The summed E-state index contributed by atoms with van der Waals surface area (Å²) in [5.74, 6) is 0. The number of rotatable bonds is 4. The average molecular weight is 293 g/mol. The van der Waals surface area contributed by atoms with Crippen LogP contribution in [0.2, 0.25) is 0 Å². The van der Waals surface area contributed by atoms with Crippen molar-refractivity contribution in [2.24, 2.45) is 0 Å². The van der Waals surface area contributed by atoms with Crippen LogP contribution in [0.15, 0.2) is 48.5 Å². The number of hydrogen-bond acceptors (Lipinski definition) is 4. The zero-order valence-corrected chi connectivity index (χ0v) is 12.4. The molecule has 2 aromatic rings. The van der Waals surface area contributed by atoms with Gasteiger partial charge in [-0.1, -0.05) is 12.1 Å². The van der Waals surface area contributed by atoms with Crippen LogP contribution >= 0.6 is 0 Å². The molecule has 110 valence electrons. The van der Waals surface area contributed by atoms with E-state index >= 15 is 0 Å². The van der Waals surface area contributed by atoms with Gasteiger partial charge in [0.2, 0.25) is 0 Å². The zero-order valence-electron chi connectivity index (χ0n) is 12.4. The molecule has 0 unspecified atom stereocenters. The van der Waals surface area contributed by atoms with E-state index in [0.29, 0.717) is 5.57 Å². The van der Waals surface area contributed by atoms with Crippen LogP contribution in [0.4, 0.5) is 11.4 Å². The van der Waals surface area contributed by atoms with Gasteiger partial charge < -0.3 is 4.90 Å². The Morgan fingerprint density at radius 1 is 1.14 bits per heavy atom. The van der Waals surface area contributed by atoms with Gasteiger partial charge in [-0.25, -0.2) is 0 Å². The lowest BCUT2D eigenvalue weighted by Gasteiger charge is -2.12. The maximum atomic E-state index is 10.6. The predicted molar refractivity (Wildman–Crippen MR) is 87.3 cm³/mol. The molecule has 0 fully saturated rings. The Hall–Kier alpha value is -3.13. The molecule has 0 aromatic heterocycles. The fraction of sp³-hybridized carbons (Fsp3) is 0.118. The number of anilines is 1. The molecule has 0 aliphatic rings. The molecule has 0 aliphatic heterocycles. The molecule has 0 aliphatic carbocycles. The number of nitro benzene ring substituents is 1. The first-order valence-electron chi connectivity index (χ1n) is 6.65. The standard InChI is InChI=1S/C17H15N3O2/c1-19(2)16-9-5-14(6-10-16)15(12-18)11-13-3-7-17(8-4-13)20(21)22/h3-11H,1-2H3/b15-11-. The third-order valence-electron chi connectivity index (χ3n) is 3.23. The van der Waals surface area contributed by atoms with Crippen molar-refractivity contribution in [1.82, 2.24) is 0 Å². The Labute approximate surface area is 128 Å². The average Bonchev–Trinajstić information content (AvgIpc) is 2.53. The summed E-state index contributed by atoms with van der Waals surface area (Å²) in [5.41, 5.74) is 3.16. The predicted octanol–water partition coefficient (Wildman–Crippen LogP) is 3.72. The third-order valence-corrected chi connectivity index (χ3v) is 3.23. The monoisotopic (exact) mass is 293 g/mol. The summed E-state index contributed by atoms with van der Waals surface area (Å²) in [6.07, 6.45) is 1.72. The Bertz CT molecular complexity index is 739. The van der Waals surface area contributed by atoms with Gasteiger partial charge in [0, 0.05) is 31.9 Å². The molecule has 2 rings (SSSR count). The van der Waals surface area contributed by atoms with Gasteiger partial charge in [0.1, 0.15) is 0 Å². The van der Waals surface area contributed by atoms with E-state index in [0.717, 1.165) is 16.8 Å². The number of nitro groups is 1. The minimum atomic E-state index is -0.446. The van der Waals surface area contributed by atoms with E-state index in [1.807, 2.05) is 43.3 Å². The maximum absolute atomic E-state index is 10.6. The Morgan fingerprint density at radius 3 is 2.18 bits per heavy atom. The van der Waals surface area contributed by atoms with Gasteiger partial charge in [-0.05, 0) is 41.5 Å². The normalized spacial score (nSPS) is 10.9. The van der Waals surface area contributed by atoms with Crippen LogP contribution in [0.1, 0.15) is 11.1 Å². The van der Waals surface area contributed by atoms with E-state index in [2.05, 4.69) is 6.07 Å². The lowest BCUT2D eigenvalue weighted by atomic mass is 10.0. The molecule has 0 radical (unpaired) electrons. The molecule has 0 spiro atoms. The summed E-state index contributed by atoms with van der Waals surface area (Å²) in [5, 5.41) is 20.0. The van der Waals surface area contributed by atoms with E-state index in [1.54, 1.807) is 18.2 Å². The lowest BCUT2D eigenvalue weighted by Crippen LogP contribution is -2.08. The highest BCUT2D eigenvalue weighted by atomic mass is 16.6. The second-order valence-electron chi connectivity index (χ2n) is 4.96. The number of nitrogens with zero attached hydrogens (tertiary/aromatic N) is 3. The van der Waals surface area contributed by atoms with E-state index in [4.69, 9.17) is 0 Å². The van der Waals surface area contributed by atoms with Crippen LogP contribution in [-0.4, -0.2) is 19.0 Å². The summed E-state index contributed by atoms with van der Waals surface area (Å²) >= 11 is 0. The Balaban J connectivity index is 2.31. The van der Waals surface area contributed by atoms with Crippen LogP contribution < -0.4 is 4.90 Å². The van der Waals surface area contributed by atoms with Crippen LogP contribution in [0.3, 0.4) is 0 Å². The van der Waals surface area contributed by atoms with Gasteiger partial charge in [0.15, 0.2) is 0 Å². The van der Waals surface area contributed by atoms with Crippen molar-refractivity contribution in [2.75, 3.05) is 19.0 Å². The second-order valence-corrected chi connectivity index (χ2v) is 4.96. The van der Waals surface area contributed by atoms with Gasteiger partial charge in [0.05, 0.1) is 16.6 Å². The topological polar surface area (TPSA) is 70.2 Å². The zero-order chi connectivity index (χ0) is 16.1. The molecule has 0 N–H and O–H groups in total. The van der Waals surface area contributed by atoms with E-state index in [9.17, 15) is 15.4 Å². The molecule has 0 bridgehead atoms. The summed E-state index contributed by atoms with van der Waals surface area (Å²) in [4.78, 5) is 12.2. The first kappa shape index (κ1) is 15.3. The molecule has 22 heavy (non-hydrogen) atoms. The number of benzene rings is 2. The van der Waals surface area contributed by atoms with Gasteiger partial charge in [-0.15, -0.1) is 0 Å². The first-order chi connectivity index (χ1) is 10.5. The largest absolute Gasteiger partial charge is 0.378 e. The van der Waals surface area contributed by atoms with Crippen molar-refractivity contribution < 1.29 is 4.92 Å². The van der Waals surface area contributed by atoms with Crippen molar-refractivity contribution in [2.45, 2.75) is 0 Å². The highest BCUT2D eigenvalue weighted by molar-refractivity contribution is 5.89. The van der Waals surface area contributed by atoms with Gasteiger partial charge in [0.25, 0.3) is 5.69 Å². The Morgan fingerprint density at radius 2 is 1.73 bits per heavy atom. The molecule has 0 heterocycles. The maximum Gasteiger partial charge on any atom is 0.269 e. The van der Waals surface area contributed by atoms with Crippen molar-refractivity contribution >= 4 is 23.0 Å². The summed E-state index contributed by atoms with van der Waals surface area (Å²) < 4.78 is 0. The van der Waals surface area contributed by atoms with Crippen molar-refractivity contribution in [1.29, 1.82) is 5.26 Å². The molecule has 5 nitrogen and oxygen atoms in total. The molecule has 0 amide bonds. The molecular weight excluding hydrogens is 278 g/mol. The molecule has 0 saturated carbocycles.